The molecule has 0 saturated carbocycles. The third-order valence-electron chi connectivity index (χ3n) is 4.50. The Balaban J connectivity index is 2.48. The van der Waals surface area contributed by atoms with Gasteiger partial charge in [-0.2, -0.15) is 4.31 Å². The van der Waals surface area contributed by atoms with E-state index in [-0.39, 0.29) is 29.0 Å². The number of methoxy groups -OCH3 is 1. The number of ether oxygens (including phenoxy) is 1. The van der Waals surface area contributed by atoms with Gasteiger partial charge in [0.2, 0.25) is 10.0 Å². The van der Waals surface area contributed by atoms with Crippen molar-refractivity contribution in [1.29, 1.82) is 0 Å². The van der Waals surface area contributed by atoms with Gasteiger partial charge in [0.05, 0.1) is 17.6 Å². The van der Waals surface area contributed by atoms with Crippen LogP contribution in [0.5, 0.6) is 0 Å². The maximum Gasteiger partial charge on any atom is 0.337 e. The summed E-state index contributed by atoms with van der Waals surface area (Å²) in [6.45, 7) is 4.49. The standard InChI is InChI=1S/C16H24N2O4S/c1-11-5-4-8-18(14(11)10-17)23(20,21)15-9-13(16(19)22-3)7-6-12(15)2/h6-7,9,11,14H,4-5,8,10,17H2,1-3H3. The van der Waals surface area contributed by atoms with Crippen molar-refractivity contribution in [3.8, 4) is 0 Å². The molecule has 1 saturated heterocycles. The van der Waals surface area contributed by atoms with Crippen LogP contribution in [-0.4, -0.2) is 44.9 Å². The molecule has 2 N–H and O–H groups in total. The van der Waals surface area contributed by atoms with Crippen molar-refractivity contribution in [2.24, 2.45) is 11.7 Å². The van der Waals surface area contributed by atoms with E-state index in [4.69, 9.17) is 5.73 Å². The van der Waals surface area contributed by atoms with E-state index in [0.717, 1.165) is 12.8 Å². The van der Waals surface area contributed by atoms with E-state index in [1.807, 2.05) is 6.92 Å². The Kier molecular flexibility index (Phi) is 5.44. The lowest BCUT2D eigenvalue weighted by molar-refractivity contribution is 0.0600. The largest absolute Gasteiger partial charge is 0.465 e. The van der Waals surface area contributed by atoms with Crippen LogP contribution in [0.4, 0.5) is 0 Å². The summed E-state index contributed by atoms with van der Waals surface area (Å²) in [4.78, 5) is 11.8. The highest BCUT2D eigenvalue weighted by Crippen LogP contribution is 2.30. The van der Waals surface area contributed by atoms with Gasteiger partial charge in [-0.3, -0.25) is 0 Å². The molecular formula is C16H24N2O4S. The number of hydrogen-bond acceptors (Lipinski definition) is 5. The monoisotopic (exact) mass is 340 g/mol. The first-order valence-corrected chi connectivity index (χ1v) is 9.17. The number of benzene rings is 1. The van der Waals surface area contributed by atoms with Gasteiger partial charge >= 0.3 is 5.97 Å². The van der Waals surface area contributed by atoms with E-state index in [1.54, 1.807) is 19.1 Å². The third kappa shape index (κ3) is 3.41. The zero-order valence-corrected chi connectivity index (χ0v) is 14.6. The summed E-state index contributed by atoms with van der Waals surface area (Å²) >= 11 is 0. The molecule has 128 valence electrons. The molecule has 1 aromatic carbocycles. The second-order valence-electron chi connectivity index (χ2n) is 6.01. The topological polar surface area (TPSA) is 89.7 Å². The van der Waals surface area contributed by atoms with E-state index < -0.39 is 16.0 Å². The SMILES string of the molecule is COC(=O)c1ccc(C)c(S(=O)(=O)N2CCCC(C)C2CN)c1. The van der Waals surface area contributed by atoms with Crippen LogP contribution in [0, 0.1) is 12.8 Å². The first kappa shape index (κ1) is 17.9. The molecule has 1 aliphatic heterocycles. The molecule has 0 spiro atoms. The van der Waals surface area contributed by atoms with Crippen LogP contribution in [0.2, 0.25) is 0 Å². The third-order valence-corrected chi connectivity index (χ3v) is 6.57. The lowest BCUT2D eigenvalue weighted by Gasteiger charge is -2.38. The van der Waals surface area contributed by atoms with E-state index >= 15 is 0 Å². The second-order valence-corrected chi connectivity index (χ2v) is 7.87. The van der Waals surface area contributed by atoms with Gasteiger partial charge in [0.1, 0.15) is 0 Å². The second kappa shape index (κ2) is 6.98. The molecule has 0 aliphatic carbocycles. The number of piperidine rings is 1. The molecule has 1 aromatic rings. The minimum absolute atomic E-state index is 0.146. The summed E-state index contributed by atoms with van der Waals surface area (Å²) in [5, 5.41) is 0. The lowest BCUT2D eigenvalue weighted by Crippen LogP contribution is -2.51. The molecule has 2 atom stereocenters. The maximum absolute atomic E-state index is 13.1. The fourth-order valence-electron chi connectivity index (χ4n) is 3.11. The minimum atomic E-state index is -3.71. The van der Waals surface area contributed by atoms with Crippen molar-refractivity contribution in [1.82, 2.24) is 4.31 Å². The van der Waals surface area contributed by atoms with Crippen LogP contribution >= 0.6 is 0 Å². The normalized spacial score (nSPS) is 22.8. The predicted octanol–water partition coefficient (Wildman–Crippen LogP) is 1.53. The Morgan fingerprint density at radius 3 is 2.74 bits per heavy atom. The number of aryl methyl sites for hydroxylation is 1. The summed E-state index contributed by atoms with van der Waals surface area (Å²) in [5.74, 6) is -0.337. The highest BCUT2D eigenvalue weighted by Gasteiger charge is 2.37. The molecule has 1 fully saturated rings. The molecule has 1 heterocycles. The number of sulfonamides is 1. The molecule has 0 bridgehead atoms. The Bertz CT molecular complexity index is 687. The number of carbonyl (C=O) groups excluding carboxylic acids is 1. The van der Waals surface area contributed by atoms with Gasteiger partial charge in [0.25, 0.3) is 0 Å². The van der Waals surface area contributed by atoms with Crippen molar-refractivity contribution in [3.63, 3.8) is 0 Å². The van der Waals surface area contributed by atoms with Gasteiger partial charge < -0.3 is 10.5 Å². The van der Waals surface area contributed by atoms with Crippen LogP contribution in [0.25, 0.3) is 0 Å². The van der Waals surface area contributed by atoms with E-state index in [1.165, 1.54) is 17.5 Å². The van der Waals surface area contributed by atoms with Crippen LogP contribution in [0.3, 0.4) is 0 Å². The first-order chi connectivity index (χ1) is 10.8. The highest BCUT2D eigenvalue weighted by atomic mass is 32.2. The fourth-order valence-corrected chi connectivity index (χ4v) is 5.13. The molecule has 23 heavy (non-hydrogen) atoms. The molecule has 0 radical (unpaired) electrons. The number of rotatable bonds is 4. The Morgan fingerprint density at radius 2 is 2.13 bits per heavy atom. The van der Waals surface area contributed by atoms with Gasteiger partial charge in [-0.1, -0.05) is 13.0 Å². The summed E-state index contributed by atoms with van der Waals surface area (Å²) < 4.78 is 32.4. The fraction of sp³-hybridized carbons (Fsp3) is 0.562. The summed E-state index contributed by atoms with van der Waals surface area (Å²) in [6, 6.07) is 4.38. The van der Waals surface area contributed by atoms with E-state index in [9.17, 15) is 13.2 Å². The van der Waals surface area contributed by atoms with Crippen molar-refractivity contribution in [2.45, 2.75) is 37.6 Å². The first-order valence-electron chi connectivity index (χ1n) is 7.73. The molecule has 2 rings (SSSR count). The predicted molar refractivity (Wildman–Crippen MR) is 87.7 cm³/mol. The number of hydrogen-bond donors (Lipinski definition) is 1. The Labute approximate surface area is 137 Å². The van der Waals surface area contributed by atoms with Crippen LogP contribution < -0.4 is 5.73 Å². The smallest absolute Gasteiger partial charge is 0.337 e. The molecule has 1 aliphatic rings. The van der Waals surface area contributed by atoms with Gasteiger partial charge in [0.15, 0.2) is 0 Å². The zero-order chi connectivity index (χ0) is 17.2. The van der Waals surface area contributed by atoms with E-state index in [0.29, 0.717) is 12.1 Å². The maximum atomic E-state index is 13.1. The van der Waals surface area contributed by atoms with Gasteiger partial charge in [-0.05, 0) is 43.4 Å². The molecule has 0 aromatic heterocycles. The number of nitrogens with zero attached hydrogens (tertiary/aromatic N) is 1. The summed E-state index contributed by atoms with van der Waals surface area (Å²) in [5.41, 5.74) is 6.65. The lowest BCUT2D eigenvalue weighted by atomic mass is 9.93. The molecule has 7 heteroatoms. The van der Waals surface area contributed by atoms with Gasteiger partial charge in [-0.15, -0.1) is 0 Å². The van der Waals surface area contributed by atoms with Crippen molar-refractivity contribution in [2.75, 3.05) is 20.2 Å². The van der Waals surface area contributed by atoms with Crippen molar-refractivity contribution in [3.05, 3.63) is 29.3 Å². The minimum Gasteiger partial charge on any atom is -0.465 e. The Morgan fingerprint density at radius 1 is 1.43 bits per heavy atom. The van der Waals surface area contributed by atoms with Crippen LogP contribution in [-0.2, 0) is 14.8 Å². The van der Waals surface area contributed by atoms with Crippen molar-refractivity contribution >= 4 is 16.0 Å². The zero-order valence-electron chi connectivity index (χ0n) is 13.8. The summed E-state index contributed by atoms with van der Waals surface area (Å²) in [7, 11) is -2.43. The average molecular weight is 340 g/mol. The van der Waals surface area contributed by atoms with E-state index in [2.05, 4.69) is 4.74 Å². The molecule has 6 nitrogen and oxygen atoms in total. The number of nitrogens with two attached hydrogens (primary N) is 1. The summed E-state index contributed by atoms with van der Waals surface area (Å²) in [6.07, 6.45) is 1.78. The Hall–Kier alpha value is -1.44. The highest BCUT2D eigenvalue weighted by molar-refractivity contribution is 7.89. The molecular weight excluding hydrogens is 316 g/mol. The quantitative estimate of drug-likeness (QED) is 0.840. The number of esters is 1. The average Bonchev–Trinajstić information content (AvgIpc) is 2.54. The van der Waals surface area contributed by atoms with Crippen molar-refractivity contribution < 1.29 is 17.9 Å². The van der Waals surface area contributed by atoms with Gasteiger partial charge in [0, 0.05) is 19.1 Å². The van der Waals surface area contributed by atoms with Crippen LogP contribution in [0.15, 0.2) is 23.1 Å². The molecule has 2 unspecified atom stereocenters. The van der Waals surface area contributed by atoms with Gasteiger partial charge in [-0.25, -0.2) is 13.2 Å². The molecule has 0 amide bonds. The van der Waals surface area contributed by atoms with Crippen LogP contribution in [0.1, 0.15) is 35.7 Å². The number of carbonyl (C=O) groups is 1.